The van der Waals surface area contributed by atoms with Gasteiger partial charge in [-0.15, -0.1) is 0 Å². The first kappa shape index (κ1) is 22.3. The summed E-state index contributed by atoms with van der Waals surface area (Å²) >= 11 is 4.91. The van der Waals surface area contributed by atoms with Crippen LogP contribution in [-0.2, 0) is 0 Å². The number of hydrogen-bond donors (Lipinski definition) is 0. The lowest BCUT2D eigenvalue weighted by Gasteiger charge is -2.19. The monoisotopic (exact) mass is 528 g/mol. The molecule has 1 aliphatic heterocycles. The van der Waals surface area contributed by atoms with Crippen LogP contribution in [0.15, 0.2) is 112 Å². The van der Waals surface area contributed by atoms with Gasteiger partial charge in [0.05, 0.1) is 16.3 Å². The summed E-state index contributed by atoms with van der Waals surface area (Å²) in [6.45, 7) is 4.12. The van der Waals surface area contributed by atoms with Crippen molar-refractivity contribution in [3.63, 3.8) is 0 Å². The van der Waals surface area contributed by atoms with Gasteiger partial charge in [0.25, 0.3) is 5.56 Å². The number of fused-ring (bicyclic) bond motifs is 1. The Labute approximate surface area is 209 Å². The zero-order valence-electron chi connectivity index (χ0n) is 18.2. The number of thiazole rings is 1. The second-order valence-corrected chi connectivity index (χ2v) is 9.69. The minimum absolute atomic E-state index is 0.0579. The van der Waals surface area contributed by atoms with E-state index in [9.17, 15) is 4.79 Å². The molecule has 1 unspecified atom stereocenters. The first-order chi connectivity index (χ1) is 16.6. The van der Waals surface area contributed by atoms with Crippen LogP contribution in [0.4, 0.5) is 0 Å². The molecule has 1 aromatic heterocycles. The van der Waals surface area contributed by atoms with Gasteiger partial charge in [-0.1, -0.05) is 94.5 Å². The van der Waals surface area contributed by atoms with Crippen LogP contribution in [0.2, 0.25) is 0 Å². The second kappa shape index (κ2) is 9.79. The van der Waals surface area contributed by atoms with Crippen LogP contribution >= 0.6 is 27.3 Å². The number of aromatic nitrogens is 1. The summed E-state index contributed by atoms with van der Waals surface area (Å²) in [6, 6.07) is 25.6. The van der Waals surface area contributed by atoms with E-state index < -0.39 is 0 Å². The van der Waals surface area contributed by atoms with Gasteiger partial charge in [-0.25, -0.2) is 4.99 Å². The van der Waals surface area contributed by atoms with E-state index in [2.05, 4.69) is 28.6 Å². The van der Waals surface area contributed by atoms with Crippen LogP contribution < -0.4 is 19.6 Å². The molecule has 0 saturated heterocycles. The van der Waals surface area contributed by atoms with Gasteiger partial charge in [0.1, 0.15) is 12.4 Å². The van der Waals surface area contributed by atoms with Crippen molar-refractivity contribution in [2.45, 2.75) is 6.04 Å². The molecule has 2 heterocycles. The van der Waals surface area contributed by atoms with Gasteiger partial charge in [0.15, 0.2) is 4.80 Å². The van der Waals surface area contributed by atoms with Crippen LogP contribution in [0.25, 0.3) is 11.8 Å². The fraction of sp³-hybridized carbons (Fsp3) is 0.0714. The van der Waals surface area contributed by atoms with Gasteiger partial charge in [0, 0.05) is 4.47 Å². The molecule has 0 amide bonds. The zero-order chi connectivity index (χ0) is 23.5. The standard InChI is InChI=1S/C28H21BrN2O2S/c1-2-15-33-23-10-6-7-19(16-23)17-26-27(32)31-25(21-11-13-22(29)14-12-21)18-24(30-28(31)34-26)20-8-4-3-5-9-20/h2-14,16-18,25H,1,15H2. The maximum absolute atomic E-state index is 13.6. The predicted octanol–water partition coefficient (Wildman–Crippen LogP) is 5.33. The third-order valence-corrected chi connectivity index (χ3v) is 6.96. The zero-order valence-corrected chi connectivity index (χ0v) is 20.6. The summed E-state index contributed by atoms with van der Waals surface area (Å²) in [4.78, 5) is 19.1. The number of halogens is 1. The molecule has 0 saturated carbocycles. The van der Waals surface area contributed by atoms with E-state index in [0.717, 1.165) is 32.6 Å². The van der Waals surface area contributed by atoms with Crippen molar-refractivity contribution in [2.24, 2.45) is 4.99 Å². The average molecular weight is 529 g/mol. The Morgan fingerprint density at radius 3 is 2.62 bits per heavy atom. The highest BCUT2D eigenvalue weighted by atomic mass is 79.9. The van der Waals surface area contributed by atoms with E-state index in [1.165, 1.54) is 11.3 Å². The van der Waals surface area contributed by atoms with E-state index in [-0.39, 0.29) is 11.6 Å². The first-order valence-corrected chi connectivity index (χ1v) is 12.4. The molecular weight excluding hydrogens is 508 g/mol. The Bertz CT molecular complexity index is 1550. The van der Waals surface area contributed by atoms with E-state index in [1.54, 1.807) is 10.6 Å². The Hall–Kier alpha value is -3.48. The molecule has 4 nitrogen and oxygen atoms in total. The van der Waals surface area contributed by atoms with Gasteiger partial charge in [-0.3, -0.25) is 9.36 Å². The maximum atomic E-state index is 13.6. The van der Waals surface area contributed by atoms with Gasteiger partial charge in [-0.2, -0.15) is 0 Å². The third-order valence-electron chi connectivity index (χ3n) is 5.45. The topological polar surface area (TPSA) is 43.6 Å². The summed E-state index contributed by atoms with van der Waals surface area (Å²) in [6.07, 6.45) is 5.67. The summed E-state index contributed by atoms with van der Waals surface area (Å²) in [7, 11) is 0. The molecule has 0 N–H and O–H groups in total. The van der Waals surface area contributed by atoms with Crippen molar-refractivity contribution in [3.05, 3.63) is 138 Å². The van der Waals surface area contributed by atoms with Crippen LogP contribution in [0, 0.1) is 0 Å². The van der Waals surface area contributed by atoms with Crippen molar-refractivity contribution in [2.75, 3.05) is 6.61 Å². The fourth-order valence-corrected chi connectivity index (χ4v) is 5.13. The van der Waals surface area contributed by atoms with Crippen molar-refractivity contribution in [1.82, 2.24) is 4.57 Å². The molecule has 0 aliphatic carbocycles. The summed E-state index contributed by atoms with van der Waals surface area (Å²) < 4.78 is 9.05. The molecule has 0 spiro atoms. The van der Waals surface area contributed by atoms with Crippen molar-refractivity contribution in [3.8, 4) is 5.75 Å². The Morgan fingerprint density at radius 2 is 1.85 bits per heavy atom. The highest BCUT2D eigenvalue weighted by Gasteiger charge is 2.22. The molecule has 3 aromatic carbocycles. The second-order valence-electron chi connectivity index (χ2n) is 7.77. The SMILES string of the molecule is C=CCOc1cccc(C=c2sc3n(c2=O)C(c2ccc(Br)cc2)C=C(c2ccccc2)N=3)c1. The molecule has 6 heteroatoms. The molecule has 1 aliphatic rings. The summed E-state index contributed by atoms with van der Waals surface area (Å²) in [5, 5.41) is 0. The third kappa shape index (κ3) is 4.60. The van der Waals surface area contributed by atoms with Gasteiger partial charge in [-0.05, 0) is 53.1 Å². The van der Waals surface area contributed by atoms with Crippen LogP contribution in [0.1, 0.15) is 22.7 Å². The molecule has 0 fully saturated rings. The molecule has 168 valence electrons. The predicted molar refractivity (Wildman–Crippen MR) is 142 cm³/mol. The number of rotatable bonds is 6. The lowest BCUT2D eigenvalue weighted by atomic mass is 10.0. The minimum Gasteiger partial charge on any atom is -0.490 e. The summed E-state index contributed by atoms with van der Waals surface area (Å²) in [5.41, 5.74) is 3.75. The Balaban J connectivity index is 1.66. The van der Waals surface area contributed by atoms with E-state index in [0.29, 0.717) is 15.9 Å². The van der Waals surface area contributed by atoms with Crippen molar-refractivity contribution >= 4 is 39.0 Å². The van der Waals surface area contributed by atoms with Crippen LogP contribution in [-0.4, -0.2) is 11.2 Å². The quantitative estimate of drug-likeness (QED) is 0.317. The highest BCUT2D eigenvalue weighted by molar-refractivity contribution is 9.10. The minimum atomic E-state index is -0.246. The molecule has 34 heavy (non-hydrogen) atoms. The van der Waals surface area contributed by atoms with Gasteiger partial charge >= 0.3 is 0 Å². The number of allylic oxidation sites excluding steroid dienone is 1. The number of hydrogen-bond acceptors (Lipinski definition) is 4. The number of ether oxygens (including phenoxy) is 1. The molecule has 0 bridgehead atoms. The molecular formula is C28H21BrN2O2S. The average Bonchev–Trinajstić information content (AvgIpc) is 3.18. The van der Waals surface area contributed by atoms with Crippen LogP contribution in [0.3, 0.4) is 0 Å². The number of nitrogens with zero attached hydrogens (tertiary/aromatic N) is 2. The Kier molecular flexibility index (Phi) is 6.43. The highest BCUT2D eigenvalue weighted by Crippen LogP contribution is 2.27. The van der Waals surface area contributed by atoms with E-state index >= 15 is 0 Å². The van der Waals surface area contributed by atoms with Gasteiger partial charge in [0.2, 0.25) is 0 Å². The fourth-order valence-electron chi connectivity index (χ4n) is 3.85. The van der Waals surface area contributed by atoms with Gasteiger partial charge < -0.3 is 4.74 Å². The van der Waals surface area contributed by atoms with E-state index in [4.69, 9.17) is 9.73 Å². The van der Waals surface area contributed by atoms with Crippen molar-refractivity contribution in [1.29, 1.82) is 0 Å². The van der Waals surface area contributed by atoms with Crippen molar-refractivity contribution < 1.29 is 4.74 Å². The molecule has 4 aromatic rings. The van der Waals surface area contributed by atoms with E-state index in [1.807, 2.05) is 84.9 Å². The Morgan fingerprint density at radius 1 is 1.06 bits per heavy atom. The largest absolute Gasteiger partial charge is 0.490 e. The lowest BCUT2D eigenvalue weighted by molar-refractivity contribution is 0.363. The normalized spacial score (nSPS) is 15.3. The molecule has 5 rings (SSSR count). The summed E-state index contributed by atoms with van der Waals surface area (Å²) in [5.74, 6) is 0.737. The van der Waals surface area contributed by atoms with Crippen LogP contribution in [0.5, 0.6) is 5.75 Å². The lowest BCUT2D eigenvalue weighted by Crippen LogP contribution is -2.36. The molecule has 0 radical (unpaired) electrons. The number of benzene rings is 3. The first-order valence-electron chi connectivity index (χ1n) is 10.8. The maximum Gasteiger partial charge on any atom is 0.271 e. The molecule has 1 atom stereocenters. The smallest absolute Gasteiger partial charge is 0.271 e.